The molecular weight excluding hydrogens is 723 g/mol. The van der Waals surface area contributed by atoms with Gasteiger partial charge in [0.1, 0.15) is 0 Å². The fourth-order valence-electron chi connectivity index (χ4n) is 9.55. The lowest BCUT2D eigenvalue weighted by Gasteiger charge is -2.14. The number of para-hydroxylation sites is 2. The van der Waals surface area contributed by atoms with E-state index in [9.17, 15) is 0 Å². The lowest BCUT2D eigenvalue weighted by molar-refractivity contribution is 1.01. The van der Waals surface area contributed by atoms with Crippen molar-refractivity contribution < 1.29 is 0 Å². The Bertz CT molecular complexity index is 3670. The van der Waals surface area contributed by atoms with Gasteiger partial charge in [-0.25, -0.2) is 9.97 Å². The molecule has 0 radical (unpaired) electrons. The molecule has 0 fully saturated rings. The third kappa shape index (κ3) is 4.55. The van der Waals surface area contributed by atoms with Gasteiger partial charge in [0.15, 0.2) is 0 Å². The van der Waals surface area contributed by atoms with Crippen LogP contribution < -0.4 is 0 Å². The lowest BCUT2D eigenvalue weighted by Crippen LogP contribution is -2.03. The van der Waals surface area contributed by atoms with Crippen molar-refractivity contribution in [1.82, 2.24) is 14.5 Å². The van der Waals surface area contributed by atoms with Crippen LogP contribution in [0.5, 0.6) is 0 Å². The second kappa shape index (κ2) is 12.1. The Kier molecular flexibility index (Phi) is 6.60. The summed E-state index contributed by atoms with van der Waals surface area (Å²) in [6.45, 7) is 0. The average molecular weight is 754 g/mol. The predicted octanol–water partition coefficient (Wildman–Crippen LogP) is 14.9. The molecule has 3 nitrogen and oxygen atoms in total. The van der Waals surface area contributed by atoms with Gasteiger partial charge in [0, 0.05) is 41.9 Å². The van der Waals surface area contributed by atoms with Gasteiger partial charge in [-0.15, -0.1) is 11.3 Å². The van der Waals surface area contributed by atoms with Crippen LogP contribution in [0.1, 0.15) is 0 Å². The maximum atomic E-state index is 5.47. The minimum Gasteiger partial charge on any atom is -0.278 e. The van der Waals surface area contributed by atoms with Crippen molar-refractivity contribution in [2.24, 2.45) is 0 Å². The molecule has 0 atom stereocenters. The van der Waals surface area contributed by atoms with Crippen LogP contribution in [-0.2, 0) is 0 Å². The van der Waals surface area contributed by atoms with Gasteiger partial charge in [-0.05, 0) is 104 Å². The van der Waals surface area contributed by atoms with Gasteiger partial charge in [0.25, 0.3) is 0 Å². The van der Waals surface area contributed by atoms with E-state index in [1.807, 2.05) is 11.3 Å². The van der Waals surface area contributed by atoms with E-state index in [-0.39, 0.29) is 0 Å². The van der Waals surface area contributed by atoms with E-state index in [1.165, 1.54) is 86.2 Å². The first-order chi connectivity index (χ1) is 28.7. The largest absolute Gasteiger partial charge is 0.278 e. The van der Waals surface area contributed by atoms with Crippen LogP contribution in [0, 0.1) is 0 Å². The quantitative estimate of drug-likeness (QED) is 0.179. The van der Waals surface area contributed by atoms with Crippen molar-refractivity contribution in [2.45, 2.75) is 0 Å². The summed E-state index contributed by atoms with van der Waals surface area (Å²) in [5, 5.41) is 8.60. The number of thiophene rings is 1. The minimum atomic E-state index is 0.660. The number of benzene rings is 9. The summed E-state index contributed by atoms with van der Waals surface area (Å²) in [6.07, 6.45) is 0. The molecule has 0 unspecified atom stereocenters. The zero-order valence-corrected chi connectivity index (χ0v) is 32.0. The van der Waals surface area contributed by atoms with E-state index >= 15 is 0 Å². The molecule has 0 saturated heterocycles. The molecule has 1 aliphatic rings. The van der Waals surface area contributed by atoms with Gasteiger partial charge >= 0.3 is 0 Å². The topological polar surface area (TPSA) is 30.7 Å². The number of fused-ring (bicyclic) bond motifs is 10. The lowest BCUT2D eigenvalue weighted by atomic mass is 9.93. The van der Waals surface area contributed by atoms with Crippen molar-refractivity contribution in [1.29, 1.82) is 0 Å². The van der Waals surface area contributed by atoms with Crippen LogP contribution in [0.3, 0.4) is 0 Å². The molecule has 1 aliphatic carbocycles. The minimum absolute atomic E-state index is 0.660. The van der Waals surface area contributed by atoms with E-state index in [1.54, 1.807) is 0 Å². The molecule has 4 heteroatoms. The summed E-state index contributed by atoms with van der Waals surface area (Å²) in [5.41, 5.74) is 15.1. The maximum Gasteiger partial charge on any atom is 0.235 e. The van der Waals surface area contributed by atoms with E-state index in [0.29, 0.717) is 5.95 Å². The number of aromatic nitrogens is 3. The summed E-state index contributed by atoms with van der Waals surface area (Å²) in [6, 6.07) is 68.4. The van der Waals surface area contributed by atoms with Gasteiger partial charge in [-0.2, -0.15) is 0 Å². The molecule has 268 valence electrons. The highest BCUT2D eigenvalue weighted by molar-refractivity contribution is 7.25. The number of rotatable bonds is 4. The number of hydrogen-bond donors (Lipinski definition) is 0. The SMILES string of the molecule is c1cc(-c2nc(-n3c4ccccc4c4cc(-c5ccc6sc7ccccc7c6c5)ccc43)nc3ccccc23)cc(-c2ccc3c4c(cccc24)-c2ccccc2-3)c1. The maximum absolute atomic E-state index is 5.47. The Labute approximate surface area is 337 Å². The highest BCUT2D eigenvalue weighted by atomic mass is 32.1. The second-order valence-electron chi connectivity index (χ2n) is 15.3. The van der Waals surface area contributed by atoms with E-state index in [0.717, 1.165) is 33.2 Å². The average Bonchev–Trinajstić information content (AvgIpc) is 3.94. The molecule has 3 heterocycles. The second-order valence-corrected chi connectivity index (χ2v) is 16.4. The highest BCUT2D eigenvalue weighted by Crippen LogP contribution is 2.49. The highest BCUT2D eigenvalue weighted by Gasteiger charge is 2.23. The summed E-state index contributed by atoms with van der Waals surface area (Å²) >= 11 is 1.85. The van der Waals surface area contributed by atoms with Gasteiger partial charge in [-0.1, -0.05) is 140 Å². The van der Waals surface area contributed by atoms with Gasteiger partial charge in [-0.3, -0.25) is 4.57 Å². The first-order valence-corrected chi connectivity index (χ1v) is 20.6. The smallest absolute Gasteiger partial charge is 0.235 e. The normalized spacial score (nSPS) is 12.1. The van der Waals surface area contributed by atoms with E-state index in [2.05, 4.69) is 193 Å². The van der Waals surface area contributed by atoms with Gasteiger partial charge in [0.2, 0.25) is 5.95 Å². The van der Waals surface area contributed by atoms with Crippen LogP contribution >= 0.6 is 11.3 Å². The molecule has 13 rings (SSSR count). The first-order valence-electron chi connectivity index (χ1n) is 19.7. The van der Waals surface area contributed by atoms with Crippen LogP contribution in [0.25, 0.3) is 125 Å². The summed E-state index contributed by atoms with van der Waals surface area (Å²) in [5.74, 6) is 0.660. The van der Waals surface area contributed by atoms with Crippen molar-refractivity contribution in [3.63, 3.8) is 0 Å². The molecule has 0 aliphatic heterocycles. The zero-order chi connectivity index (χ0) is 37.9. The third-order valence-corrected chi connectivity index (χ3v) is 13.3. The Hall–Kier alpha value is -7.40. The first kappa shape index (κ1) is 31.8. The molecule has 0 amide bonds. The number of nitrogens with zero attached hydrogens (tertiary/aromatic N) is 3. The van der Waals surface area contributed by atoms with Gasteiger partial charge < -0.3 is 0 Å². The van der Waals surface area contributed by atoms with Crippen molar-refractivity contribution in [2.75, 3.05) is 0 Å². The molecule has 58 heavy (non-hydrogen) atoms. The fourth-order valence-corrected chi connectivity index (χ4v) is 10.6. The van der Waals surface area contributed by atoms with Crippen LogP contribution in [-0.4, -0.2) is 14.5 Å². The molecule has 12 aromatic rings. The Balaban J connectivity index is 0.977. The molecule has 0 bridgehead atoms. The summed E-state index contributed by atoms with van der Waals surface area (Å²) in [4.78, 5) is 10.7. The van der Waals surface area contributed by atoms with Crippen LogP contribution in [0.4, 0.5) is 0 Å². The van der Waals surface area contributed by atoms with Crippen LogP contribution in [0.15, 0.2) is 188 Å². The monoisotopic (exact) mass is 753 g/mol. The molecular formula is C54H31N3S. The molecule has 9 aromatic carbocycles. The summed E-state index contributed by atoms with van der Waals surface area (Å²) in [7, 11) is 0. The summed E-state index contributed by atoms with van der Waals surface area (Å²) < 4.78 is 4.88. The molecule has 3 aromatic heterocycles. The molecule has 0 N–H and O–H groups in total. The van der Waals surface area contributed by atoms with Crippen molar-refractivity contribution in [3.05, 3.63) is 188 Å². The Morgan fingerprint density at radius 3 is 1.86 bits per heavy atom. The Morgan fingerprint density at radius 2 is 0.966 bits per heavy atom. The Morgan fingerprint density at radius 1 is 0.345 bits per heavy atom. The zero-order valence-electron chi connectivity index (χ0n) is 31.1. The van der Waals surface area contributed by atoms with Crippen LogP contribution in [0.2, 0.25) is 0 Å². The van der Waals surface area contributed by atoms with E-state index < -0.39 is 0 Å². The van der Waals surface area contributed by atoms with E-state index in [4.69, 9.17) is 9.97 Å². The molecule has 0 spiro atoms. The standard InChI is InChI=1S/C54H31N3S/c1-2-14-38-37(13-1)42-19-10-18-41-36(25-26-43(38)52(41)42)34-11-9-12-35(29-34)53-44-17-3-6-20-47(44)55-54(56-53)57-48-21-7-4-15-39(48)45-30-32(23-27-49(45)57)33-24-28-51-46(31-33)40-16-5-8-22-50(40)58-51/h1-31H. The molecule has 0 saturated carbocycles. The number of hydrogen-bond acceptors (Lipinski definition) is 3. The fraction of sp³-hybridized carbons (Fsp3) is 0. The van der Waals surface area contributed by atoms with Crippen molar-refractivity contribution >= 4 is 75.0 Å². The predicted molar refractivity (Wildman–Crippen MR) is 245 cm³/mol. The third-order valence-electron chi connectivity index (χ3n) is 12.2. The van der Waals surface area contributed by atoms with Gasteiger partial charge in [0.05, 0.1) is 22.2 Å². The van der Waals surface area contributed by atoms with Crippen molar-refractivity contribution in [3.8, 4) is 61.7 Å².